The third kappa shape index (κ3) is 3.85. The number of nitrogens with zero attached hydrogens (tertiary/aromatic N) is 3. The lowest BCUT2D eigenvalue weighted by Gasteiger charge is -2.18. The zero-order valence-electron chi connectivity index (χ0n) is 16.2. The summed E-state index contributed by atoms with van der Waals surface area (Å²) in [5, 5.41) is 4.54. The number of hydrazone groups is 1. The predicted molar refractivity (Wildman–Crippen MR) is 112 cm³/mol. The van der Waals surface area contributed by atoms with Crippen molar-refractivity contribution in [2.24, 2.45) is 11.0 Å². The van der Waals surface area contributed by atoms with Crippen molar-refractivity contribution in [3.8, 4) is 0 Å². The highest BCUT2D eigenvalue weighted by Gasteiger charge is 2.25. The second-order valence-corrected chi connectivity index (χ2v) is 8.53. The maximum Gasteiger partial charge on any atom is 0.263 e. The monoisotopic (exact) mass is 412 g/mol. The molecule has 2 aromatic heterocycles. The van der Waals surface area contributed by atoms with Gasteiger partial charge < -0.3 is 0 Å². The number of halogens is 1. The molecule has 0 bridgehead atoms. The van der Waals surface area contributed by atoms with Gasteiger partial charge in [-0.05, 0) is 55.4 Å². The molecule has 0 aliphatic heterocycles. The normalized spacial score (nSPS) is 17.4. The van der Waals surface area contributed by atoms with Gasteiger partial charge in [0.2, 0.25) is 0 Å². The molecule has 3 aromatic rings. The minimum atomic E-state index is -0.761. The Hall–Kier alpha value is -2.87. The molecule has 0 saturated carbocycles. The van der Waals surface area contributed by atoms with Crippen LogP contribution in [0.25, 0.3) is 10.2 Å². The molecule has 0 spiro atoms. The van der Waals surface area contributed by atoms with E-state index in [1.807, 2.05) is 0 Å². The summed E-state index contributed by atoms with van der Waals surface area (Å²) < 4.78 is 14.3. The van der Waals surface area contributed by atoms with Crippen molar-refractivity contribution in [3.63, 3.8) is 0 Å². The number of hydrogen-bond acceptors (Lipinski definition) is 5. The Bertz CT molecular complexity index is 1150. The van der Waals surface area contributed by atoms with E-state index in [2.05, 4.69) is 22.4 Å². The SMILES string of the molecule is CC1CCc2c(sc3ncn(C(C)C(=O)N/N=C\c4ccc(F)cc4)c(=O)c23)C1. The average molecular weight is 412 g/mol. The number of aromatic nitrogens is 2. The van der Waals surface area contributed by atoms with E-state index in [1.165, 1.54) is 34.1 Å². The van der Waals surface area contributed by atoms with Gasteiger partial charge in [-0.1, -0.05) is 19.1 Å². The first-order chi connectivity index (χ1) is 13.9. The Labute approximate surface area is 171 Å². The van der Waals surface area contributed by atoms with Gasteiger partial charge in [0.1, 0.15) is 16.7 Å². The van der Waals surface area contributed by atoms with Crippen LogP contribution >= 0.6 is 11.3 Å². The zero-order chi connectivity index (χ0) is 20.5. The number of benzene rings is 1. The van der Waals surface area contributed by atoms with Crippen molar-refractivity contribution >= 4 is 33.7 Å². The zero-order valence-corrected chi connectivity index (χ0v) is 17.0. The number of carbonyl (C=O) groups excluding carboxylic acids is 1. The first-order valence-corrected chi connectivity index (χ1v) is 10.4. The van der Waals surface area contributed by atoms with Gasteiger partial charge in [0.05, 0.1) is 17.9 Å². The topological polar surface area (TPSA) is 76.3 Å². The number of aryl methyl sites for hydroxylation is 1. The molecule has 2 atom stereocenters. The maximum absolute atomic E-state index is 13.1. The minimum absolute atomic E-state index is 0.188. The molecule has 1 aliphatic rings. The molecule has 1 N–H and O–H groups in total. The first-order valence-electron chi connectivity index (χ1n) is 9.54. The van der Waals surface area contributed by atoms with Crippen LogP contribution in [0.2, 0.25) is 0 Å². The van der Waals surface area contributed by atoms with Crippen LogP contribution < -0.4 is 11.0 Å². The molecular formula is C21H21FN4O2S. The summed E-state index contributed by atoms with van der Waals surface area (Å²) in [5.41, 5.74) is 3.99. The summed E-state index contributed by atoms with van der Waals surface area (Å²) in [7, 11) is 0. The van der Waals surface area contributed by atoms with Crippen LogP contribution in [0.4, 0.5) is 4.39 Å². The van der Waals surface area contributed by atoms with E-state index in [1.54, 1.807) is 30.4 Å². The number of rotatable bonds is 4. The lowest BCUT2D eigenvalue weighted by Crippen LogP contribution is -2.34. The van der Waals surface area contributed by atoms with Crippen LogP contribution in [0.1, 0.15) is 42.3 Å². The number of hydrogen-bond donors (Lipinski definition) is 1. The van der Waals surface area contributed by atoms with Crippen molar-refractivity contribution in [2.75, 3.05) is 0 Å². The molecule has 0 saturated heterocycles. The van der Waals surface area contributed by atoms with Crippen LogP contribution in [-0.2, 0) is 17.6 Å². The highest BCUT2D eigenvalue weighted by molar-refractivity contribution is 7.18. The molecule has 8 heteroatoms. The molecular weight excluding hydrogens is 391 g/mol. The van der Waals surface area contributed by atoms with Crippen LogP contribution in [-0.4, -0.2) is 21.7 Å². The summed E-state index contributed by atoms with van der Waals surface area (Å²) >= 11 is 1.58. The maximum atomic E-state index is 13.1. The quantitative estimate of drug-likeness (QED) is 0.527. The third-order valence-corrected chi connectivity index (χ3v) is 6.46. The van der Waals surface area contributed by atoms with E-state index < -0.39 is 11.9 Å². The van der Waals surface area contributed by atoms with Crippen molar-refractivity contribution in [1.29, 1.82) is 0 Å². The van der Waals surface area contributed by atoms with Gasteiger partial charge >= 0.3 is 0 Å². The molecule has 2 heterocycles. The Morgan fingerprint density at radius 3 is 2.93 bits per heavy atom. The molecule has 29 heavy (non-hydrogen) atoms. The summed E-state index contributed by atoms with van der Waals surface area (Å²) in [4.78, 5) is 32.0. The third-order valence-electron chi connectivity index (χ3n) is 5.30. The molecule has 1 aliphatic carbocycles. The lowest BCUT2D eigenvalue weighted by atomic mass is 9.89. The van der Waals surface area contributed by atoms with Crippen molar-refractivity contribution in [3.05, 3.63) is 62.8 Å². The fraction of sp³-hybridized carbons (Fsp3) is 0.333. The second kappa shape index (κ2) is 7.87. The molecule has 1 aromatic carbocycles. The van der Waals surface area contributed by atoms with Gasteiger partial charge in [0, 0.05) is 4.88 Å². The van der Waals surface area contributed by atoms with Crippen LogP contribution in [0, 0.1) is 11.7 Å². The Kier molecular flexibility index (Phi) is 5.27. The van der Waals surface area contributed by atoms with Crippen LogP contribution in [0.5, 0.6) is 0 Å². The number of nitrogens with one attached hydrogen (secondary N) is 1. The lowest BCUT2D eigenvalue weighted by molar-refractivity contribution is -0.123. The van der Waals surface area contributed by atoms with E-state index in [0.717, 1.165) is 29.7 Å². The Morgan fingerprint density at radius 2 is 2.17 bits per heavy atom. The van der Waals surface area contributed by atoms with Gasteiger partial charge in [-0.3, -0.25) is 14.2 Å². The second-order valence-electron chi connectivity index (χ2n) is 7.45. The Morgan fingerprint density at radius 1 is 1.41 bits per heavy atom. The van der Waals surface area contributed by atoms with Crippen molar-refractivity contribution in [2.45, 2.75) is 39.2 Å². The van der Waals surface area contributed by atoms with Crippen LogP contribution in [0.15, 0.2) is 40.5 Å². The molecule has 150 valence electrons. The van der Waals surface area contributed by atoms with Gasteiger partial charge in [0.15, 0.2) is 0 Å². The largest absolute Gasteiger partial charge is 0.286 e. The van der Waals surface area contributed by atoms with E-state index in [0.29, 0.717) is 16.9 Å². The molecule has 0 fully saturated rings. The van der Waals surface area contributed by atoms with E-state index in [4.69, 9.17) is 0 Å². The fourth-order valence-electron chi connectivity index (χ4n) is 3.56. The van der Waals surface area contributed by atoms with Gasteiger partial charge in [0.25, 0.3) is 11.5 Å². The molecule has 4 rings (SSSR count). The van der Waals surface area contributed by atoms with E-state index in [-0.39, 0.29) is 11.4 Å². The van der Waals surface area contributed by atoms with Gasteiger partial charge in [-0.2, -0.15) is 5.10 Å². The predicted octanol–water partition coefficient (Wildman–Crippen LogP) is 3.43. The van der Waals surface area contributed by atoms with Crippen molar-refractivity contribution in [1.82, 2.24) is 15.0 Å². The first kappa shape index (κ1) is 19.4. The number of fused-ring (bicyclic) bond motifs is 3. The summed E-state index contributed by atoms with van der Waals surface area (Å²) in [5.74, 6) is -0.155. The minimum Gasteiger partial charge on any atom is -0.286 e. The summed E-state index contributed by atoms with van der Waals surface area (Å²) in [6.45, 7) is 3.86. The average Bonchev–Trinajstić information content (AvgIpc) is 3.07. The summed E-state index contributed by atoms with van der Waals surface area (Å²) in [6.07, 6.45) is 5.76. The number of thiophene rings is 1. The number of carbonyl (C=O) groups is 1. The fourth-order valence-corrected chi connectivity index (χ4v) is 4.90. The van der Waals surface area contributed by atoms with Crippen molar-refractivity contribution < 1.29 is 9.18 Å². The summed E-state index contributed by atoms with van der Waals surface area (Å²) in [6, 6.07) is 4.97. The van der Waals surface area contributed by atoms with Gasteiger partial charge in [-0.25, -0.2) is 14.8 Å². The highest BCUT2D eigenvalue weighted by Crippen LogP contribution is 2.35. The van der Waals surface area contributed by atoms with E-state index in [9.17, 15) is 14.0 Å². The standard InChI is InChI=1S/C21H21FN4O2S/c1-12-3-8-16-17(9-12)29-20-18(16)21(28)26(11-23-20)13(2)19(27)25-24-10-14-4-6-15(22)7-5-14/h4-7,10-13H,3,8-9H2,1-2H3,(H,25,27)/b24-10-. The molecule has 2 unspecified atom stereocenters. The van der Waals surface area contributed by atoms with E-state index >= 15 is 0 Å². The highest BCUT2D eigenvalue weighted by atomic mass is 32.1. The van der Waals surface area contributed by atoms with Crippen LogP contribution in [0.3, 0.4) is 0 Å². The van der Waals surface area contributed by atoms with Gasteiger partial charge in [-0.15, -0.1) is 11.3 Å². The molecule has 0 radical (unpaired) electrons. The number of amides is 1. The molecule has 1 amide bonds. The smallest absolute Gasteiger partial charge is 0.263 e. The Balaban J connectivity index is 1.55. The molecule has 6 nitrogen and oxygen atoms in total.